The van der Waals surface area contributed by atoms with E-state index in [9.17, 15) is 4.79 Å². The van der Waals surface area contributed by atoms with Crippen molar-refractivity contribution in [1.82, 2.24) is 0 Å². The van der Waals surface area contributed by atoms with Gasteiger partial charge in [-0.3, -0.25) is 0 Å². The monoisotopic (exact) mass is 376 g/mol. The molecule has 0 spiro atoms. The van der Waals surface area contributed by atoms with Crippen LogP contribution in [0.3, 0.4) is 0 Å². The maximum absolute atomic E-state index is 11.8. The van der Waals surface area contributed by atoms with Crippen LogP contribution in [0.4, 0.5) is 0 Å². The van der Waals surface area contributed by atoms with Crippen molar-refractivity contribution in [1.29, 1.82) is 0 Å². The van der Waals surface area contributed by atoms with E-state index in [0.717, 1.165) is 37.9 Å². The highest BCUT2D eigenvalue weighted by molar-refractivity contribution is 5.87. The molecule has 2 rings (SSSR count). The molecule has 1 fully saturated rings. The lowest BCUT2D eigenvalue weighted by Crippen LogP contribution is -2.28. The van der Waals surface area contributed by atoms with Gasteiger partial charge < -0.3 is 18.9 Å². The summed E-state index contributed by atoms with van der Waals surface area (Å²) in [6, 6.07) is 10.1. The van der Waals surface area contributed by atoms with E-state index in [0.29, 0.717) is 31.8 Å². The zero-order chi connectivity index (χ0) is 19.3. The lowest BCUT2D eigenvalue weighted by molar-refractivity contribution is -0.190. The topological polar surface area (TPSA) is 54.0 Å². The first-order valence-corrected chi connectivity index (χ1v) is 9.91. The van der Waals surface area contributed by atoms with Crippen LogP contribution in [0, 0.1) is 0 Å². The number of carbonyl (C=O) groups excluding carboxylic acids is 1. The molecule has 0 amide bonds. The number of benzene rings is 1. The predicted molar refractivity (Wildman–Crippen MR) is 104 cm³/mol. The standard InChI is InChI=1S/C22H32O5/c1-3-25-22(23)18(2)12-13-20(27-21-11-7-8-15-26-21)14-16-24-17-19-9-5-4-6-10-19/h4-6,9-10,12,20-21H,3,7-8,11,13-17H2,1-2H3/b18-12+/t20-,21?/m0/s1. The Hall–Kier alpha value is -1.69. The van der Waals surface area contributed by atoms with Crippen molar-refractivity contribution in [3.8, 4) is 0 Å². The number of rotatable bonds is 11. The summed E-state index contributed by atoms with van der Waals surface area (Å²) in [6.45, 7) is 5.90. The molecule has 1 unspecified atom stereocenters. The summed E-state index contributed by atoms with van der Waals surface area (Å²) in [7, 11) is 0. The van der Waals surface area contributed by atoms with Gasteiger partial charge in [0.05, 0.1) is 19.3 Å². The fourth-order valence-electron chi connectivity index (χ4n) is 2.89. The molecule has 0 aromatic heterocycles. The quantitative estimate of drug-likeness (QED) is 0.325. The third kappa shape index (κ3) is 8.69. The minimum Gasteiger partial charge on any atom is -0.463 e. The van der Waals surface area contributed by atoms with Crippen LogP contribution in [0.25, 0.3) is 0 Å². The molecule has 5 heteroatoms. The van der Waals surface area contributed by atoms with Crippen molar-refractivity contribution >= 4 is 5.97 Å². The lowest BCUT2D eigenvalue weighted by atomic mass is 10.1. The normalized spacial score (nSPS) is 18.9. The smallest absolute Gasteiger partial charge is 0.333 e. The molecule has 0 saturated carbocycles. The largest absolute Gasteiger partial charge is 0.463 e. The van der Waals surface area contributed by atoms with Crippen molar-refractivity contribution in [3.05, 3.63) is 47.5 Å². The van der Waals surface area contributed by atoms with E-state index in [2.05, 4.69) is 12.1 Å². The highest BCUT2D eigenvalue weighted by Crippen LogP contribution is 2.19. The zero-order valence-electron chi connectivity index (χ0n) is 16.5. The Labute approximate surface area is 162 Å². The van der Waals surface area contributed by atoms with E-state index in [4.69, 9.17) is 18.9 Å². The molecular weight excluding hydrogens is 344 g/mol. The van der Waals surface area contributed by atoms with Gasteiger partial charge in [-0.2, -0.15) is 0 Å². The van der Waals surface area contributed by atoms with Gasteiger partial charge in [0.2, 0.25) is 0 Å². The Morgan fingerprint density at radius 1 is 1.30 bits per heavy atom. The summed E-state index contributed by atoms with van der Waals surface area (Å²) in [5, 5.41) is 0. The predicted octanol–water partition coefficient (Wildman–Crippen LogP) is 4.40. The molecule has 1 aromatic carbocycles. The first-order valence-electron chi connectivity index (χ1n) is 9.91. The van der Waals surface area contributed by atoms with Crippen molar-refractivity contribution in [2.45, 2.75) is 65.0 Å². The molecule has 0 radical (unpaired) electrons. The summed E-state index contributed by atoms with van der Waals surface area (Å²) in [5.41, 5.74) is 1.77. The summed E-state index contributed by atoms with van der Waals surface area (Å²) >= 11 is 0. The Balaban J connectivity index is 1.82. The molecule has 1 aliphatic rings. The van der Waals surface area contributed by atoms with Gasteiger partial charge in [0.1, 0.15) is 0 Å². The lowest BCUT2D eigenvalue weighted by Gasteiger charge is -2.27. The fourth-order valence-corrected chi connectivity index (χ4v) is 2.89. The first-order chi connectivity index (χ1) is 13.2. The Morgan fingerprint density at radius 3 is 2.81 bits per heavy atom. The van der Waals surface area contributed by atoms with Crippen molar-refractivity contribution < 1.29 is 23.7 Å². The fraction of sp³-hybridized carbons (Fsp3) is 0.591. The molecule has 150 valence electrons. The van der Waals surface area contributed by atoms with Gasteiger partial charge in [-0.05, 0) is 51.5 Å². The van der Waals surface area contributed by atoms with Gasteiger partial charge in [0.15, 0.2) is 6.29 Å². The maximum atomic E-state index is 11.8. The van der Waals surface area contributed by atoms with E-state index < -0.39 is 0 Å². The van der Waals surface area contributed by atoms with E-state index in [-0.39, 0.29) is 18.4 Å². The molecule has 1 aromatic rings. The molecule has 1 saturated heterocycles. The van der Waals surface area contributed by atoms with Gasteiger partial charge in [-0.1, -0.05) is 36.4 Å². The summed E-state index contributed by atoms with van der Waals surface area (Å²) < 4.78 is 22.7. The van der Waals surface area contributed by atoms with Gasteiger partial charge in [-0.15, -0.1) is 0 Å². The average molecular weight is 376 g/mol. The van der Waals surface area contributed by atoms with Crippen LogP contribution < -0.4 is 0 Å². The molecule has 2 atom stereocenters. The van der Waals surface area contributed by atoms with E-state index in [1.165, 1.54) is 0 Å². The Bertz CT molecular complexity index is 563. The minimum absolute atomic E-state index is 0.0479. The number of hydrogen-bond donors (Lipinski definition) is 0. The maximum Gasteiger partial charge on any atom is 0.333 e. The second kappa shape index (κ2) is 12.7. The van der Waals surface area contributed by atoms with E-state index in [1.807, 2.05) is 31.2 Å². The van der Waals surface area contributed by atoms with Gasteiger partial charge in [0, 0.05) is 18.8 Å². The number of esters is 1. The molecule has 1 heterocycles. The second-order valence-electron chi connectivity index (χ2n) is 6.72. The van der Waals surface area contributed by atoms with Crippen LogP contribution in [-0.2, 0) is 30.3 Å². The number of ether oxygens (including phenoxy) is 4. The van der Waals surface area contributed by atoms with Crippen LogP contribution in [0.2, 0.25) is 0 Å². The minimum atomic E-state index is -0.273. The highest BCUT2D eigenvalue weighted by atomic mass is 16.7. The summed E-state index contributed by atoms with van der Waals surface area (Å²) in [4.78, 5) is 11.8. The van der Waals surface area contributed by atoms with Gasteiger partial charge >= 0.3 is 5.97 Å². The first kappa shape index (κ1) is 21.6. The molecule has 27 heavy (non-hydrogen) atoms. The molecule has 1 aliphatic heterocycles. The van der Waals surface area contributed by atoms with Crippen molar-refractivity contribution in [2.75, 3.05) is 19.8 Å². The zero-order valence-corrected chi connectivity index (χ0v) is 16.5. The third-order valence-electron chi connectivity index (χ3n) is 4.46. The van der Waals surface area contributed by atoms with Crippen LogP contribution >= 0.6 is 0 Å². The summed E-state index contributed by atoms with van der Waals surface area (Å²) in [5.74, 6) is -0.273. The van der Waals surface area contributed by atoms with Gasteiger partial charge in [0.25, 0.3) is 0 Å². The molecule has 5 nitrogen and oxygen atoms in total. The molecule has 0 aliphatic carbocycles. The second-order valence-corrected chi connectivity index (χ2v) is 6.72. The van der Waals surface area contributed by atoms with Gasteiger partial charge in [-0.25, -0.2) is 4.79 Å². The van der Waals surface area contributed by atoms with Crippen LogP contribution in [0.15, 0.2) is 42.0 Å². The highest BCUT2D eigenvalue weighted by Gasteiger charge is 2.19. The number of hydrogen-bond acceptors (Lipinski definition) is 5. The van der Waals surface area contributed by atoms with E-state index in [1.54, 1.807) is 6.92 Å². The van der Waals surface area contributed by atoms with Crippen LogP contribution in [0.5, 0.6) is 0 Å². The Morgan fingerprint density at radius 2 is 2.11 bits per heavy atom. The Kier molecular flexibility index (Phi) is 10.1. The van der Waals surface area contributed by atoms with Crippen molar-refractivity contribution in [2.24, 2.45) is 0 Å². The summed E-state index contributed by atoms with van der Waals surface area (Å²) in [6.07, 6.45) is 6.21. The SMILES string of the molecule is CCOC(=O)/C(C)=C/C[C@@H](CCOCc1ccccc1)OC1CCCCO1. The van der Waals surface area contributed by atoms with E-state index >= 15 is 0 Å². The van der Waals surface area contributed by atoms with Crippen LogP contribution in [-0.4, -0.2) is 38.2 Å². The third-order valence-corrected chi connectivity index (χ3v) is 4.46. The molecular formula is C22H32O5. The molecule has 0 bridgehead atoms. The molecule has 0 N–H and O–H groups in total. The number of carbonyl (C=O) groups is 1. The van der Waals surface area contributed by atoms with Crippen molar-refractivity contribution in [3.63, 3.8) is 0 Å². The van der Waals surface area contributed by atoms with Crippen LogP contribution in [0.1, 0.15) is 51.5 Å². The average Bonchev–Trinajstić information content (AvgIpc) is 2.70.